The molecule has 0 fully saturated rings. The number of carboxylic acids is 1. The van der Waals surface area contributed by atoms with E-state index in [2.05, 4.69) is 5.32 Å². The van der Waals surface area contributed by atoms with Crippen molar-refractivity contribution in [2.24, 2.45) is 0 Å². The van der Waals surface area contributed by atoms with Gasteiger partial charge in [0.05, 0.1) is 0 Å². The van der Waals surface area contributed by atoms with Crippen LogP contribution in [0.25, 0.3) is 11.1 Å². The maximum absolute atomic E-state index is 12.4. The first-order chi connectivity index (χ1) is 14.1. The maximum atomic E-state index is 12.4. The van der Waals surface area contributed by atoms with Crippen molar-refractivity contribution in [1.29, 1.82) is 0 Å². The number of fused-ring (bicyclic) bond motifs is 3. The van der Waals surface area contributed by atoms with Crippen molar-refractivity contribution in [2.75, 3.05) is 6.61 Å². The Morgan fingerprint density at radius 3 is 2.07 bits per heavy atom. The summed E-state index contributed by atoms with van der Waals surface area (Å²) in [6, 6.07) is 21.2. The Balaban J connectivity index is 1.50. The fraction of sp³-hybridized carbons (Fsp3) is 0.130. The molecule has 0 unspecified atom stereocenters. The number of nitrogens with one attached hydrogen (secondary N) is 1. The number of aliphatic carboxylic acids is 1. The minimum atomic E-state index is -1.29. The van der Waals surface area contributed by atoms with Gasteiger partial charge < -0.3 is 15.2 Å². The molecule has 3 aromatic carbocycles. The highest BCUT2D eigenvalue weighted by atomic mass is 35.5. The van der Waals surface area contributed by atoms with Crippen molar-refractivity contribution in [3.05, 3.63) is 94.5 Å². The third-order valence-electron chi connectivity index (χ3n) is 5.07. The van der Waals surface area contributed by atoms with Gasteiger partial charge in [0.15, 0.2) is 6.04 Å². The molecule has 1 aliphatic carbocycles. The van der Waals surface area contributed by atoms with Crippen LogP contribution in [0.3, 0.4) is 0 Å². The number of carboxylic acid groups (broad SMARTS) is 1. The van der Waals surface area contributed by atoms with Gasteiger partial charge in [-0.3, -0.25) is 0 Å². The van der Waals surface area contributed by atoms with Crippen molar-refractivity contribution < 1.29 is 19.4 Å². The van der Waals surface area contributed by atoms with Gasteiger partial charge >= 0.3 is 12.1 Å². The zero-order chi connectivity index (χ0) is 20.4. The van der Waals surface area contributed by atoms with Gasteiger partial charge in [-0.15, -0.1) is 0 Å². The molecule has 0 bridgehead atoms. The Morgan fingerprint density at radius 2 is 1.48 bits per heavy atom. The Labute approximate surface area is 172 Å². The Kier molecular flexibility index (Phi) is 5.23. The molecule has 0 aromatic heterocycles. The average Bonchev–Trinajstić information content (AvgIpc) is 3.05. The normalized spacial score (nSPS) is 13.3. The van der Waals surface area contributed by atoms with Crippen LogP contribution in [0.1, 0.15) is 28.7 Å². The molecule has 1 atom stereocenters. The molecule has 4 rings (SSSR count). The van der Waals surface area contributed by atoms with E-state index in [1.807, 2.05) is 48.5 Å². The summed E-state index contributed by atoms with van der Waals surface area (Å²) in [6.07, 6.45) is -0.806. The number of ether oxygens (including phenoxy) is 1. The van der Waals surface area contributed by atoms with Gasteiger partial charge in [-0.1, -0.05) is 78.3 Å². The van der Waals surface area contributed by atoms with E-state index >= 15 is 0 Å². The highest BCUT2D eigenvalue weighted by Gasteiger charge is 2.30. The number of hydrogen-bond donors (Lipinski definition) is 2. The van der Waals surface area contributed by atoms with Crippen LogP contribution < -0.4 is 5.32 Å². The first-order valence-corrected chi connectivity index (χ1v) is 9.53. The predicted molar refractivity (Wildman–Crippen MR) is 110 cm³/mol. The molecule has 2 N–H and O–H groups in total. The maximum Gasteiger partial charge on any atom is 0.408 e. The van der Waals surface area contributed by atoms with Gasteiger partial charge in [0.1, 0.15) is 6.61 Å². The molecule has 1 aliphatic rings. The molecule has 6 heteroatoms. The van der Waals surface area contributed by atoms with Crippen molar-refractivity contribution in [3.63, 3.8) is 0 Å². The largest absolute Gasteiger partial charge is 0.479 e. The molecule has 0 saturated carbocycles. The van der Waals surface area contributed by atoms with E-state index in [4.69, 9.17) is 16.3 Å². The number of hydrogen-bond acceptors (Lipinski definition) is 3. The molecule has 0 radical (unpaired) electrons. The summed E-state index contributed by atoms with van der Waals surface area (Å²) in [4.78, 5) is 24.0. The molecular formula is C23H18ClNO4. The quantitative estimate of drug-likeness (QED) is 0.623. The monoisotopic (exact) mass is 407 g/mol. The first-order valence-electron chi connectivity index (χ1n) is 9.15. The third kappa shape index (κ3) is 3.69. The molecule has 146 valence electrons. The van der Waals surface area contributed by atoms with Crippen LogP contribution in [-0.4, -0.2) is 23.8 Å². The van der Waals surface area contributed by atoms with Crippen LogP contribution >= 0.6 is 11.6 Å². The van der Waals surface area contributed by atoms with Gasteiger partial charge in [0.2, 0.25) is 0 Å². The van der Waals surface area contributed by atoms with Gasteiger partial charge in [0, 0.05) is 16.5 Å². The summed E-state index contributed by atoms with van der Waals surface area (Å²) >= 11 is 6.08. The van der Waals surface area contributed by atoms with Crippen molar-refractivity contribution in [2.45, 2.75) is 12.0 Å². The highest BCUT2D eigenvalue weighted by molar-refractivity contribution is 6.31. The molecular weight excluding hydrogens is 390 g/mol. The lowest BCUT2D eigenvalue weighted by atomic mass is 9.98. The highest BCUT2D eigenvalue weighted by Crippen LogP contribution is 2.44. The molecule has 0 spiro atoms. The third-order valence-corrected chi connectivity index (χ3v) is 5.41. The average molecular weight is 408 g/mol. The van der Waals surface area contributed by atoms with E-state index in [1.54, 1.807) is 24.3 Å². The van der Waals surface area contributed by atoms with E-state index in [9.17, 15) is 14.7 Å². The molecule has 5 nitrogen and oxygen atoms in total. The molecule has 1 amide bonds. The van der Waals surface area contributed by atoms with E-state index in [0.29, 0.717) is 5.56 Å². The second-order valence-corrected chi connectivity index (χ2v) is 7.17. The van der Waals surface area contributed by atoms with Crippen LogP contribution in [0.5, 0.6) is 0 Å². The number of carbonyl (C=O) groups excluding carboxylic acids is 1. The zero-order valence-electron chi connectivity index (χ0n) is 15.3. The summed E-state index contributed by atoms with van der Waals surface area (Å²) in [6.45, 7) is 0.106. The van der Waals surface area contributed by atoms with E-state index in [1.165, 1.54) is 0 Å². The number of halogens is 1. The number of alkyl carbamates (subject to hydrolysis) is 1. The summed E-state index contributed by atoms with van der Waals surface area (Å²) < 4.78 is 5.43. The zero-order valence-corrected chi connectivity index (χ0v) is 16.1. The van der Waals surface area contributed by atoms with Crippen LogP contribution in [0.15, 0.2) is 72.8 Å². The van der Waals surface area contributed by atoms with Gasteiger partial charge in [-0.25, -0.2) is 9.59 Å². The number of amides is 1. The van der Waals surface area contributed by atoms with E-state index in [-0.39, 0.29) is 17.5 Å². The minimum Gasteiger partial charge on any atom is -0.479 e. The van der Waals surface area contributed by atoms with Gasteiger partial charge in [-0.05, 0) is 28.3 Å². The number of carbonyl (C=O) groups is 2. The fourth-order valence-corrected chi connectivity index (χ4v) is 3.98. The number of rotatable bonds is 5. The Hall–Kier alpha value is -3.31. The van der Waals surface area contributed by atoms with Gasteiger partial charge in [-0.2, -0.15) is 0 Å². The second kappa shape index (κ2) is 7.97. The van der Waals surface area contributed by atoms with Crippen molar-refractivity contribution >= 4 is 23.7 Å². The lowest BCUT2D eigenvalue weighted by Crippen LogP contribution is -2.35. The van der Waals surface area contributed by atoms with E-state index < -0.39 is 18.1 Å². The SMILES string of the molecule is O=C(N[C@H](C(=O)O)c1ccccc1Cl)OCC1c2ccccc2-c2ccccc21. The summed E-state index contributed by atoms with van der Waals surface area (Å²) in [5, 5.41) is 12.2. The molecule has 29 heavy (non-hydrogen) atoms. The first kappa shape index (κ1) is 19.0. The Bertz CT molecular complexity index is 1040. The minimum absolute atomic E-state index is 0.100. The lowest BCUT2D eigenvalue weighted by molar-refractivity contribution is -0.139. The topological polar surface area (TPSA) is 75.6 Å². The standard InChI is InChI=1S/C23H18ClNO4/c24-20-12-6-5-11-18(20)21(22(26)27)25-23(28)29-13-19-16-9-3-1-7-14(16)15-8-2-4-10-17(15)19/h1-12,19,21H,13H2,(H,25,28)(H,26,27)/t21-/m0/s1. The summed E-state index contributed by atoms with van der Waals surface area (Å²) in [5.41, 5.74) is 4.72. The summed E-state index contributed by atoms with van der Waals surface area (Å²) in [5.74, 6) is -1.32. The second-order valence-electron chi connectivity index (χ2n) is 6.76. The predicted octanol–water partition coefficient (Wildman–Crippen LogP) is 5.00. The lowest BCUT2D eigenvalue weighted by Gasteiger charge is -2.18. The van der Waals surface area contributed by atoms with Crippen LogP contribution in [0.2, 0.25) is 5.02 Å². The molecule has 0 aliphatic heterocycles. The van der Waals surface area contributed by atoms with Crippen molar-refractivity contribution in [1.82, 2.24) is 5.32 Å². The molecule has 0 saturated heterocycles. The van der Waals surface area contributed by atoms with Gasteiger partial charge in [0.25, 0.3) is 0 Å². The molecule has 0 heterocycles. The number of benzene rings is 3. The van der Waals surface area contributed by atoms with Crippen molar-refractivity contribution in [3.8, 4) is 11.1 Å². The Morgan fingerprint density at radius 1 is 0.931 bits per heavy atom. The van der Waals surface area contributed by atoms with Crippen LogP contribution in [-0.2, 0) is 9.53 Å². The molecule has 3 aromatic rings. The fourth-order valence-electron chi connectivity index (χ4n) is 3.74. The van der Waals surface area contributed by atoms with Crippen LogP contribution in [0.4, 0.5) is 4.79 Å². The summed E-state index contributed by atoms with van der Waals surface area (Å²) in [7, 11) is 0. The smallest absolute Gasteiger partial charge is 0.408 e. The van der Waals surface area contributed by atoms with E-state index in [0.717, 1.165) is 22.3 Å². The van der Waals surface area contributed by atoms with Crippen LogP contribution in [0, 0.1) is 0 Å².